The molecule has 1 aromatic heterocycles. The van der Waals surface area contributed by atoms with Gasteiger partial charge < -0.3 is 10.4 Å². The maximum absolute atomic E-state index is 11.6. The SMILES string of the molecule is CCCn1c(Sc2ccc3c(c2)NC(=O)C3O)n[nH]c1=O. The third-order valence-corrected chi connectivity index (χ3v) is 4.19. The number of benzene rings is 1. The van der Waals surface area contributed by atoms with Crippen molar-refractivity contribution in [1.29, 1.82) is 0 Å². The number of carbonyl (C=O) groups is 1. The van der Waals surface area contributed by atoms with Crippen LogP contribution in [0.4, 0.5) is 5.69 Å². The summed E-state index contributed by atoms with van der Waals surface area (Å²) in [7, 11) is 0. The molecule has 1 aromatic carbocycles. The van der Waals surface area contributed by atoms with Gasteiger partial charge in [-0.05, 0) is 30.3 Å². The Morgan fingerprint density at radius 2 is 2.24 bits per heavy atom. The van der Waals surface area contributed by atoms with Crippen LogP contribution in [0.1, 0.15) is 25.0 Å². The number of aliphatic hydroxyl groups is 1. The Balaban J connectivity index is 1.89. The summed E-state index contributed by atoms with van der Waals surface area (Å²) in [6.07, 6.45) is -0.276. The number of amides is 1. The van der Waals surface area contributed by atoms with Gasteiger partial charge in [0.2, 0.25) is 0 Å². The second kappa shape index (κ2) is 5.38. The van der Waals surface area contributed by atoms with E-state index in [-0.39, 0.29) is 5.69 Å². The molecule has 1 aliphatic heterocycles. The summed E-state index contributed by atoms with van der Waals surface area (Å²) in [5.41, 5.74) is 0.930. The Bertz CT molecular complexity index is 752. The molecule has 0 aliphatic carbocycles. The largest absolute Gasteiger partial charge is 0.378 e. The van der Waals surface area contributed by atoms with Crippen LogP contribution in [0.5, 0.6) is 0 Å². The molecule has 1 aliphatic rings. The van der Waals surface area contributed by atoms with Crippen LogP contribution < -0.4 is 11.0 Å². The lowest BCUT2D eigenvalue weighted by Gasteiger charge is -2.05. The molecule has 0 spiro atoms. The summed E-state index contributed by atoms with van der Waals surface area (Å²) < 4.78 is 1.57. The van der Waals surface area contributed by atoms with Gasteiger partial charge >= 0.3 is 5.69 Å². The Hall–Kier alpha value is -2.06. The monoisotopic (exact) mass is 306 g/mol. The van der Waals surface area contributed by atoms with E-state index in [1.54, 1.807) is 22.8 Å². The van der Waals surface area contributed by atoms with Crippen LogP contribution in [0.3, 0.4) is 0 Å². The van der Waals surface area contributed by atoms with Crippen molar-refractivity contribution in [2.24, 2.45) is 0 Å². The third kappa shape index (κ3) is 2.47. The van der Waals surface area contributed by atoms with E-state index in [0.29, 0.717) is 23.0 Å². The van der Waals surface area contributed by atoms with Crippen LogP contribution in [-0.4, -0.2) is 25.8 Å². The highest BCUT2D eigenvalue weighted by Gasteiger charge is 2.28. The van der Waals surface area contributed by atoms with E-state index in [1.807, 2.05) is 6.92 Å². The molecule has 0 fully saturated rings. The number of H-pyrrole nitrogens is 1. The van der Waals surface area contributed by atoms with E-state index in [0.717, 1.165) is 11.3 Å². The van der Waals surface area contributed by atoms with Crippen molar-refractivity contribution in [1.82, 2.24) is 14.8 Å². The van der Waals surface area contributed by atoms with Crippen LogP contribution in [0.25, 0.3) is 0 Å². The van der Waals surface area contributed by atoms with Crippen molar-refractivity contribution in [2.45, 2.75) is 36.0 Å². The second-order valence-electron chi connectivity index (χ2n) is 4.71. The number of aromatic nitrogens is 3. The summed E-state index contributed by atoms with van der Waals surface area (Å²) in [5, 5.41) is 19.3. The Morgan fingerprint density at radius 1 is 1.43 bits per heavy atom. The zero-order chi connectivity index (χ0) is 15.0. The number of nitrogens with zero attached hydrogens (tertiary/aromatic N) is 2. The topological polar surface area (TPSA) is 100 Å². The first-order chi connectivity index (χ1) is 10.1. The minimum atomic E-state index is -1.11. The van der Waals surface area contributed by atoms with Gasteiger partial charge in [0.1, 0.15) is 0 Å². The maximum Gasteiger partial charge on any atom is 0.343 e. The number of anilines is 1. The van der Waals surface area contributed by atoms with Crippen molar-refractivity contribution >= 4 is 23.4 Å². The van der Waals surface area contributed by atoms with Gasteiger partial charge in [0.05, 0.1) is 0 Å². The fourth-order valence-electron chi connectivity index (χ4n) is 2.20. The molecule has 1 unspecified atom stereocenters. The van der Waals surface area contributed by atoms with E-state index >= 15 is 0 Å². The third-order valence-electron chi connectivity index (χ3n) is 3.21. The highest BCUT2D eigenvalue weighted by Crippen LogP contribution is 2.35. The van der Waals surface area contributed by atoms with Crippen molar-refractivity contribution in [3.8, 4) is 0 Å². The highest BCUT2D eigenvalue weighted by atomic mass is 32.2. The fraction of sp³-hybridized carbons (Fsp3) is 0.308. The number of rotatable bonds is 4. The number of carbonyl (C=O) groups excluding carboxylic acids is 1. The number of hydrogen-bond donors (Lipinski definition) is 3. The van der Waals surface area contributed by atoms with Crippen LogP contribution in [0.2, 0.25) is 0 Å². The van der Waals surface area contributed by atoms with Gasteiger partial charge in [0.15, 0.2) is 11.3 Å². The van der Waals surface area contributed by atoms with E-state index in [1.165, 1.54) is 11.8 Å². The molecule has 1 atom stereocenters. The van der Waals surface area contributed by atoms with Crippen molar-refractivity contribution in [3.63, 3.8) is 0 Å². The quantitative estimate of drug-likeness (QED) is 0.786. The van der Waals surface area contributed by atoms with Crippen molar-refractivity contribution < 1.29 is 9.90 Å². The van der Waals surface area contributed by atoms with Crippen LogP contribution >= 0.6 is 11.8 Å². The van der Waals surface area contributed by atoms with E-state index in [9.17, 15) is 14.7 Å². The summed E-state index contributed by atoms with van der Waals surface area (Å²) in [5.74, 6) is -0.421. The molecule has 0 bridgehead atoms. The molecular weight excluding hydrogens is 292 g/mol. The molecule has 21 heavy (non-hydrogen) atoms. The second-order valence-corrected chi connectivity index (χ2v) is 5.75. The van der Waals surface area contributed by atoms with Gasteiger partial charge in [-0.3, -0.25) is 9.36 Å². The van der Waals surface area contributed by atoms with Crippen LogP contribution in [0.15, 0.2) is 33.0 Å². The van der Waals surface area contributed by atoms with Gasteiger partial charge in [-0.25, -0.2) is 9.89 Å². The smallest absolute Gasteiger partial charge is 0.343 e. The van der Waals surface area contributed by atoms with Crippen LogP contribution in [-0.2, 0) is 11.3 Å². The predicted octanol–water partition coefficient (Wildman–Crippen LogP) is 1.12. The molecule has 8 heteroatoms. The summed E-state index contributed by atoms with van der Waals surface area (Å²) in [6.45, 7) is 2.58. The molecule has 3 rings (SSSR count). The molecule has 110 valence electrons. The average molecular weight is 306 g/mol. The van der Waals surface area contributed by atoms with Gasteiger partial charge in [0.25, 0.3) is 5.91 Å². The van der Waals surface area contributed by atoms with E-state index in [4.69, 9.17) is 0 Å². The Morgan fingerprint density at radius 3 is 3.00 bits per heavy atom. The lowest BCUT2D eigenvalue weighted by atomic mass is 10.1. The number of aliphatic hydroxyl groups excluding tert-OH is 1. The lowest BCUT2D eigenvalue weighted by molar-refractivity contribution is -0.123. The van der Waals surface area contributed by atoms with Crippen molar-refractivity contribution in [2.75, 3.05) is 5.32 Å². The molecule has 3 N–H and O–H groups in total. The first-order valence-electron chi connectivity index (χ1n) is 6.56. The standard InChI is InChI=1S/C13H14N4O3S/c1-2-5-17-12(20)15-16-13(17)21-7-3-4-8-9(6-7)14-11(19)10(8)18/h3-4,6,10,18H,2,5H2,1H3,(H,14,19)(H,15,20). The summed E-state index contributed by atoms with van der Waals surface area (Å²) in [6, 6.07) is 5.27. The van der Waals surface area contributed by atoms with E-state index in [2.05, 4.69) is 15.5 Å². The summed E-state index contributed by atoms with van der Waals surface area (Å²) >= 11 is 1.33. The Labute approximate surface area is 124 Å². The first kappa shape index (κ1) is 13.9. The molecule has 7 nitrogen and oxygen atoms in total. The molecule has 2 heterocycles. The highest BCUT2D eigenvalue weighted by molar-refractivity contribution is 7.99. The number of nitrogens with one attached hydrogen (secondary N) is 2. The first-order valence-corrected chi connectivity index (χ1v) is 7.37. The fourth-order valence-corrected chi connectivity index (χ4v) is 3.09. The average Bonchev–Trinajstić information content (AvgIpc) is 2.94. The maximum atomic E-state index is 11.6. The Kier molecular flexibility index (Phi) is 3.56. The summed E-state index contributed by atoms with van der Waals surface area (Å²) in [4.78, 5) is 23.9. The zero-order valence-electron chi connectivity index (χ0n) is 11.3. The normalized spacial score (nSPS) is 16.9. The van der Waals surface area contributed by atoms with Crippen molar-refractivity contribution in [3.05, 3.63) is 34.2 Å². The molecule has 0 radical (unpaired) electrons. The molecular formula is C13H14N4O3S. The van der Waals surface area contributed by atoms with Gasteiger partial charge in [-0.15, -0.1) is 5.10 Å². The van der Waals surface area contributed by atoms with Gasteiger partial charge in [-0.1, -0.05) is 13.0 Å². The number of fused-ring (bicyclic) bond motifs is 1. The predicted molar refractivity (Wildman–Crippen MR) is 77.3 cm³/mol. The number of aromatic amines is 1. The van der Waals surface area contributed by atoms with E-state index < -0.39 is 12.0 Å². The van der Waals surface area contributed by atoms with Gasteiger partial charge in [-0.2, -0.15) is 0 Å². The van der Waals surface area contributed by atoms with Gasteiger partial charge in [0, 0.05) is 22.7 Å². The minimum absolute atomic E-state index is 0.232. The molecule has 0 saturated heterocycles. The number of hydrogen-bond acceptors (Lipinski definition) is 5. The zero-order valence-corrected chi connectivity index (χ0v) is 12.1. The molecule has 2 aromatic rings. The minimum Gasteiger partial charge on any atom is -0.378 e. The molecule has 1 amide bonds. The molecule has 0 saturated carbocycles. The van der Waals surface area contributed by atoms with Crippen LogP contribution in [0, 0.1) is 0 Å². The lowest BCUT2D eigenvalue weighted by Crippen LogP contribution is -2.17.